The Balaban J connectivity index is 1.63. The summed E-state index contributed by atoms with van der Waals surface area (Å²) in [6.07, 6.45) is 2.17. The largest absolute Gasteiger partial charge is 0.352 e. The number of H-pyrrole nitrogens is 1. The summed E-state index contributed by atoms with van der Waals surface area (Å²) in [4.78, 5) is 27.4. The van der Waals surface area contributed by atoms with Crippen LogP contribution in [0.25, 0.3) is 10.9 Å². The minimum Gasteiger partial charge on any atom is -0.352 e. The summed E-state index contributed by atoms with van der Waals surface area (Å²) in [5.41, 5.74) is 2.13. The number of rotatable bonds is 4. The van der Waals surface area contributed by atoms with Crippen LogP contribution in [0.5, 0.6) is 0 Å². The van der Waals surface area contributed by atoms with E-state index in [0.717, 1.165) is 16.5 Å². The molecule has 1 aromatic carbocycles. The number of piperidine rings is 1. The van der Waals surface area contributed by atoms with Gasteiger partial charge in [0.2, 0.25) is 15.9 Å². The molecular weight excluding hydrogens is 354 g/mol. The van der Waals surface area contributed by atoms with Crippen LogP contribution in [0.15, 0.2) is 29.1 Å². The van der Waals surface area contributed by atoms with E-state index in [4.69, 9.17) is 0 Å². The summed E-state index contributed by atoms with van der Waals surface area (Å²) in [6.45, 7) is 2.82. The number of nitrogens with one attached hydrogen (secondary N) is 2. The van der Waals surface area contributed by atoms with Gasteiger partial charge >= 0.3 is 0 Å². The maximum absolute atomic E-state index is 12.4. The van der Waals surface area contributed by atoms with Crippen molar-refractivity contribution in [2.24, 2.45) is 5.92 Å². The van der Waals surface area contributed by atoms with E-state index < -0.39 is 10.0 Å². The summed E-state index contributed by atoms with van der Waals surface area (Å²) < 4.78 is 24.4. The minimum absolute atomic E-state index is 0.137. The summed E-state index contributed by atoms with van der Waals surface area (Å²) in [5.74, 6) is -0.364. The molecule has 2 aromatic rings. The molecule has 0 atom stereocenters. The molecule has 0 unspecified atom stereocenters. The number of carbonyl (C=O) groups excluding carboxylic acids is 1. The van der Waals surface area contributed by atoms with Crippen LogP contribution in [0.2, 0.25) is 0 Å². The number of aryl methyl sites for hydroxylation is 1. The fourth-order valence-corrected chi connectivity index (χ4v) is 4.14. The number of hydrogen-bond acceptors (Lipinski definition) is 4. The predicted octanol–water partition coefficient (Wildman–Crippen LogP) is 1.12. The molecule has 1 aliphatic rings. The van der Waals surface area contributed by atoms with Gasteiger partial charge in [-0.05, 0) is 42.8 Å². The highest BCUT2D eigenvalue weighted by Crippen LogP contribution is 2.19. The van der Waals surface area contributed by atoms with Crippen molar-refractivity contribution in [3.05, 3.63) is 45.7 Å². The highest BCUT2D eigenvalue weighted by Gasteiger charge is 2.28. The van der Waals surface area contributed by atoms with Crippen LogP contribution in [0.4, 0.5) is 0 Å². The molecule has 7 nitrogen and oxygen atoms in total. The van der Waals surface area contributed by atoms with Gasteiger partial charge in [-0.25, -0.2) is 12.7 Å². The van der Waals surface area contributed by atoms with Gasteiger partial charge in [-0.3, -0.25) is 9.59 Å². The van der Waals surface area contributed by atoms with Crippen LogP contribution in [-0.4, -0.2) is 43.0 Å². The molecule has 0 aliphatic carbocycles. The van der Waals surface area contributed by atoms with Crippen LogP contribution in [0.1, 0.15) is 24.0 Å². The average molecular weight is 377 g/mol. The van der Waals surface area contributed by atoms with Gasteiger partial charge in [0, 0.05) is 36.6 Å². The molecule has 1 amide bonds. The van der Waals surface area contributed by atoms with Gasteiger partial charge in [0.15, 0.2) is 0 Å². The summed E-state index contributed by atoms with van der Waals surface area (Å²) >= 11 is 0. The Morgan fingerprint density at radius 2 is 1.96 bits per heavy atom. The predicted molar refractivity (Wildman–Crippen MR) is 100 cm³/mol. The fraction of sp³-hybridized carbons (Fsp3) is 0.444. The number of fused-ring (bicyclic) bond motifs is 1. The van der Waals surface area contributed by atoms with E-state index in [2.05, 4.69) is 10.3 Å². The van der Waals surface area contributed by atoms with Crippen molar-refractivity contribution in [2.45, 2.75) is 26.3 Å². The van der Waals surface area contributed by atoms with Gasteiger partial charge < -0.3 is 10.3 Å². The Bertz CT molecular complexity index is 989. The summed E-state index contributed by atoms with van der Waals surface area (Å²) in [7, 11) is -3.20. The number of nitrogens with zero attached hydrogens (tertiary/aromatic N) is 1. The van der Waals surface area contributed by atoms with E-state index in [9.17, 15) is 18.0 Å². The molecular formula is C18H23N3O4S. The van der Waals surface area contributed by atoms with E-state index in [1.54, 1.807) is 6.07 Å². The molecule has 1 fully saturated rings. The number of benzene rings is 1. The van der Waals surface area contributed by atoms with Crippen LogP contribution in [0, 0.1) is 12.8 Å². The molecule has 1 saturated heterocycles. The number of aromatic amines is 1. The molecule has 0 bridgehead atoms. The zero-order valence-corrected chi connectivity index (χ0v) is 15.7. The highest BCUT2D eigenvalue weighted by atomic mass is 32.2. The number of carbonyl (C=O) groups is 1. The lowest BCUT2D eigenvalue weighted by molar-refractivity contribution is -0.126. The molecule has 2 heterocycles. The van der Waals surface area contributed by atoms with Gasteiger partial charge in [-0.2, -0.15) is 0 Å². The summed E-state index contributed by atoms with van der Waals surface area (Å²) in [5, 5.41) is 3.73. The van der Waals surface area contributed by atoms with Crippen LogP contribution >= 0.6 is 0 Å². The Morgan fingerprint density at radius 1 is 1.27 bits per heavy atom. The standard InChI is InChI=1S/C18H23N3O4S/c1-12-3-4-14-10-15(18(23)20-16(14)9-12)11-19-17(22)13-5-7-21(8-6-13)26(2,24)25/h3-4,9-10,13H,5-8,11H2,1-2H3,(H,19,22)(H,20,23). The fourth-order valence-electron chi connectivity index (χ4n) is 3.27. The third-order valence-corrected chi connectivity index (χ3v) is 6.13. The van der Waals surface area contributed by atoms with Crippen molar-refractivity contribution >= 4 is 26.8 Å². The minimum atomic E-state index is -3.20. The maximum Gasteiger partial charge on any atom is 0.253 e. The quantitative estimate of drug-likeness (QED) is 0.834. The van der Waals surface area contributed by atoms with Crippen molar-refractivity contribution in [1.82, 2.24) is 14.6 Å². The zero-order chi connectivity index (χ0) is 18.9. The smallest absolute Gasteiger partial charge is 0.253 e. The van der Waals surface area contributed by atoms with E-state index in [1.807, 2.05) is 25.1 Å². The van der Waals surface area contributed by atoms with Crippen molar-refractivity contribution in [2.75, 3.05) is 19.3 Å². The molecule has 0 spiro atoms. The molecule has 2 N–H and O–H groups in total. The number of aromatic nitrogens is 1. The molecule has 0 saturated carbocycles. The Hall–Kier alpha value is -2.19. The van der Waals surface area contributed by atoms with Crippen LogP contribution in [-0.2, 0) is 21.4 Å². The Labute approximate surface area is 152 Å². The molecule has 0 radical (unpaired) electrons. The summed E-state index contributed by atoms with van der Waals surface area (Å²) in [6, 6.07) is 7.61. The zero-order valence-electron chi connectivity index (χ0n) is 14.9. The van der Waals surface area contributed by atoms with E-state index in [0.29, 0.717) is 31.5 Å². The van der Waals surface area contributed by atoms with Gasteiger partial charge in [-0.15, -0.1) is 0 Å². The second kappa shape index (κ2) is 7.20. The number of sulfonamides is 1. The van der Waals surface area contributed by atoms with Crippen LogP contribution in [0.3, 0.4) is 0 Å². The molecule has 1 aromatic heterocycles. The third-order valence-electron chi connectivity index (χ3n) is 4.83. The Kier molecular flexibility index (Phi) is 5.15. The normalized spacial score (nSPS) is 16.7. The second-order valence-corrected chi connectivity index (χ2v) is 8.85. The van der Waals surface area contributed by atoms with Crippen molar-refractivity contribution < 1.29 is 13.2 Å². The van der Waals surface area contributed by atoms with E-state index >= 15 is 0 Å². The molecule has 3 rings (SSSR count). The van der Waals surface area contributed by atoms with Crippen molar-refractivity contribution in [1.29, 1.82) is 0 Å². The SMILES string of the molecule is Cc1ccc2cc(CNC(=O)C3CCN(S(C)(=O)=O)CC3)c(=O)[nH]c2c1. The van der Waals surface area contributed by atoms with Crippen LogP contribution < -0.4 is 10.9 Å². The maximum atomic E-state index is 12.4. The number of hydrogen-bond donors (Lipinski definition) is 2. The molecule has 1 aliphatic heterocycles. The lowest BCUT2D eigenvalue weighted by Crippen LogP contribution is -2.42. The van der Waals surface area contributed by atoms with Gasteiger partial charge in [0.05, 0.1) is 6.26 Å². The van der Waals surface area contributed by atoms with E-state index in [1.165, 1.54) is 10.6 Å². The number of pyridine rings is 1. The topological polar surface area (TPSA) is 99.3 Å². The van der Waals surface area contributed by atoms with Crippen molar-refractivity contribution in [3.8, 4) is 0 Å². The molecule has 140 valence electrons. The first-order valence-corrected chi connectivity index (χ1v) is 10.4. The lowest BCUT2D eigenvalue weighted by atomic mass is 9.97. The number of amides is 1. The van der Waals surface area contributed by atoms with Crippen molar-refractivity contribution in [3.63, 3.8) is 0 Å². The Morgan fingerprint density at radius 3 is 2.62 bits per heavy atom. The highest BCUT2D eigenvalue weighted by molar-refractivity contribution is 7.88. The first-order chi connectivity index (χ1) is 12.2. The first kappa shape index (κ1) is 18.6. The van der Waals surface area contributed by atoms with Gasteiger partial charge in [0.25, 0.3) is 5.56 Å². The van der Waals surface area contributed by atoms with Gasteiger partial charge in [-0.1, -0.05) is 12.1 Å². The molecule has 26 heavy (non-hydrogen) atoms. The second-order valence-electron chi connectivity index (χ2n) is 6.87. The monoisotopic (exact) mass is 377 g/mol. The third kappa shape index (κ3) is 4.13. The first-order valence-electron chi connectivity index (χ1n) is 8.59. The van der Waals surface area contributed by atoms with Gasteiger partial charge in [0.1, 0.15) is 0 Å². The average Bonchev–Trinajstić information content (AvgIpc) is 2.59. The molecule has 8 heteroatoms. The van der Waals surface area contributed by atoms with E-state index in [-0.39, 0.29) is 23.9 Å². The lowest BCUT2D eigenvalue weighted by Gasteiger charge is -2.29.